The van der Waals surface area contributed by atoms with E-state index in [1.807, 2.05) is 36.4 Å². The first-order chi connectivity index (χ1) is 13.7. The van der Waals surface area contributed by atoms with E-state index in [0.717, 1.165) is 24.4 Å². The molecule has 0 unspecified atom stereocenters. The summed E-state index contributed by atoms with van der Waals surface area (Å²) in [5, 5.41) is 14.4. The lowest BCUT2D eigenvalue weighted by molar-refractivity contribution is 0.395. The van der Waals surface area contributed by atoms with Gasteiger partial charge in [-0.2, -0.15) is 10.1 Å². The summed E-state index contributed by atoms with van der Waals surface area (Å²) in [5.74, 6) is 3.19. The van der Waals surface area contributed by atoms with Crippen molar-refractivity contribution >= 4 is 17.5 Å². The van der Waals surface area contributed by atoms with Gasteiger partial charge in [0.1, 0.15) is 17.2 Å². The Morgan fingerprint density at radius 2 is 1.64 bits per heavy atom. The number of ether oxygens (including phenoxy) is 3. The Morgan fingerprint density at radius 1 is 0.893 bits per heavy atom. The third kappa shape index (κ3) is 5.00. The van der Waals surface area contributed by atoms with Crippen LogP contribution < -0.4 is 24.8 Å². The zero-order valence-electron chi connectivity index (χ0n) is 16.1. The fourth-order valence-electron chi connectivity index (χ4n) is 2.59. The predicted molar refractivity (Wildman–Crippen MR) is 108 cm³/mol. The summed E-state index contributed by atoms with van der Waals surface area (Å²) < 4.78 is 15.8. The van der Waals surface area contributed by atoms with E-state index in [9.17, 15) is 0 Å². The maximum absolute atomic E-state index is 5.38. The summed E-state index contributed by atoms with van der Waals surface area (Å²) in [5.41, 5.74) is 1.93. The zero-order valence-corrected chi connectivity index (χ0v) is 16.1. The minimum atomic E-state index is 0.373. The van der Waals surface area contributed by atoms with Crippen LogP contribution >= 0.6 is 0 Å². The molecule has 0 radical (unpaired) electrons. The van der Waals surface area contributed by atoms with E-state index in [0.29, 0.717) is 23.3 Å². The van der Waals surface area contributed by atoms with Gasteiger partial charge in [-0.25, -0.2) is 0 Å². The van der Waals surface area contributed by atoms with E-state index < -0.39 is 0 Å². The van der Waals surface area contributed by atoms with Crippen molar-refractivity contribution < 1.29 is 14.2 Å². The molecule has 8 heteroatoms. The highest BCUT2D eigenvalue weighted by atomic mass is 16.5. The summed E-state index contributed by atoms with van der Waals surface area (Å²) in [6.07, 6.45) is 2.44. The average Bonchev–Trinajstić information content (AvgIpc) is 2.75. The minimum Gasteiger partial charge on any atom is -0.497 e. The molecule has 0 saturated carbocycles. The summed E-state index contributed by atoms with van der Waals surface area (Å²) in [6, 6.07) is 13.4. The molecule has 2 aromatic carbocycles. The summed E-state index contributed by atoms with van der Waals surface area (Å²) >= 11 is 0. The Balaban J connectivity index is 1.60. The van der Waals surface area contributed by atoms with Gasteiger partial charge in [-0.05, 0) is 36.2 Å². The van der Waals surface area contributed by atoms with Crippen LogP contribution in [0.3, 0.4) is 0 Å². The van der Waals surface area contributed by atoms with Crippen LogP contribution in [-0.2, 0) is 6.42 Å². The molecule has 3 aromatic rings. The molecule has 146 valence electrons. The van der Waals surface area contributed by atoms with Crippen LogP contribution in [0.15, 0.2) is 48.7 Å². The molecule has 1 heterocycles. The van der Waals surface area contributed by atoms with Crippen molar-refractivity contribution in [3.8, 4) is 17.2 Å². The van der Waals surface area contributed by atoms with Gasteiger partial charge in [0.15, 0.2) is 5.82 Å². The Morgan fingerprint density at radius 3 is 2.36 bits per heavy atom. The van der Waals surface area contributed by atoms with Crippen LogP contribution in [0.5, 0.6) is 17.2 Å². The molecular formula is C20H23N5O3. The number of anilines is 3. The minimum absolute atomic E-state index is 0.373. The number of hydrogen-bond donors (Lipinski definition) is 2. The molecule has 0 atom stereocenters. The Kier molecular flexibility index (Phi) is 6.46. The van der Waals surface area contributed by atoms with Crippen LogP contribution in [0.2, 0.25) is 0 Å². The monoisotopic (exact) mass is 381 g/mol. The van der Waals surface area contributed by atoms with E-state index in [4.69, 9.17) is 14.2 Å². The van der Waals surface area contributed by atoms with Crippen molar-refractivity contribution in [2.75, 3.05) is 38.5 Å². The van der Waals surface area contributed by atoms with Gasteiger partial charge in [-0.15, -0.1) is 5.10 Å². The second-order valence-corrected chi connectivity index (χ2v) is 5.88. The normalized spacial score (nSPS) is 10.2. The molecule has 0 spiro atoms. The average molecular weight is 381 g/mol. The zero-order chi connectivity index (χ0) is 19.8. The largest absolute Gasteiger partial charge is 0.497 e. The fourth-order valence-corrected chi connectivity index (χ4v) is 2.59. The standard InChI is InChI=1S/C20H23N5O3/c1-26-15-6-4-14(5-7-15)10-11-21-19-13-22-25-20(24-19)23-17-9-8-16(27-2)12-18(17)28-3/h4-9,12-13H,10-11H2,1-3H3,(H2,21,23,24,25). The Hall–Kier alpha value is -3.55. The number of nitrogens with zero attached hydrogens (tertiary/aromatic N) is 3. The number of methoxy groups -OCH3 is 3. The first-order valence-electron chi connectivity index (χ1n) is 8.77. The topological polar surface area (TPSA) is 90.4 Å². The lowest BCUT2D eigenvalue weighted by Crippen LogP contribution is -2.09. The third-order valence-corrected chi connectivity index (χ3v) is 4.09. The molecule has 28 heavy (non-hydrogen) atoms. The highest BCUT2D eigenvalue weighted by molar-refractivity contribution is 5.64. The molecule has 8 nitrogen and oxygen atoms in total. The number of aromatic nitrogens is 3. The van der Waals surface area contributed by atoms with Crippen LogP contribution in [-0.4, -0.2) is 43.1 Å². The summed E-state index contributed by atoms with van der Waals surface area (Å²) in [4.78, 5) is 4.44. The molecule has 0 aliphatic carbocycles. The van der Waals surface area contributed by atoms with E-state index in [1.54, 1.807) is 33.6 Å². The molecule has 1 aromatic heterocycles. The number of nitrogens with one attached hydrogen (secondary N) is 2. The maximum atomic E-state index is 5.38. The number of hydrogen-bond acceptors (Lipinski definition) is 8. The Labute approximate surface area is 163 Å². The highest BCUT2D eigenvalue weighted by Crippen LogP contribution is 2.30. The van der Waals surface area contributed by atoms with E-state index in [2.05, 4.69) is 25.8 Å². The van der Waals surface area contributed by atoms with Crippen LogP contribution in [0.1, 0.15) is 5.56 Å². The second-order valence-electron chi connectivity index (χ2n) is 5.88. The molecule has 2 N–H and O–H groups in total. The number of benzene rings is 2. The molecule has 0 bridgehead atoms. The molecule has 0 saturated heterocycles. The van der Waals surface area contributed by atoms with Gasteiger partial charge in [0, 0.05) is 12.6 Å². The SMILES string of the molecule is COc1ccc(CCNc2cnnc(Nc3ccc(OC)cc3OC)n2)cc1. The fraction of sp³-hybridized carbons (Fsp3) is 0.250. The van der Waals surface area contributed by atoms with Crippen molar-refractivity contribution in [1.29, 1.82) is 0 Å². The molecule has 0 amide bonds. The van der Waals surface area contributed by atoms with Gasteiger partial charge in [0.25, 0.3) is 0 Å². The lowest BCUT2D eigenvalue weighted by atomic mass is 10.1. The third-order valence-electron chi connectivity index (χ3n) is 4.09. The molecular weight excluding hydrogens is 358 g/mol. The van der Waals surface area contributed by atoms with E-state index in [1.165, 1.54) is 5.56 Å². The van der Waals surface area contributed by atoms with Crippen molar-refractivity contribution in [1.82, 2.24) is 15.2 Å². The molecule has 0 fully saturated rings. The maximum Gasteiger partial charge on any atom is 0.249 e. The van der Waals surface area contributed by atoms with Crippen molar-refractivity contribution in [3.63, 3.8) is 0 Å². The van der Waals surface area contributed by atoms with Crippen molar-refractivity contribution in [3.05, 3.63) is 54.2 Å². The van der Waals surface area contributed by atoms with Crippen molar-refractivity contribution in [2.24, 2.45) is 0 Å². The van der Waals surface area contributed by atoms with E-state index >= 15 is 0 Å². The summed E-state index contributed by atoms with van der Waals surface area (Å²) in [7, 11) is 4.86. The first-order valence-corrected chi connectivity index (χ1v) is 8.77. The highest BCUT2D eigenvalue weighted by Gasteiger charge is 2.08. The molecule has 3 rings (SSSR count). The quantitative estimate of drug-likeness (QED) is 0.583. The van der Waals surface area contributed by atoms with Crippen LogP contribution in [0.4, 0.5) is 17.5 Å². The Bertz CT molecular complexity index is 903. The van der Waals surface area contributed by atoms with Crippen LogP contribution in [0.25, 0.3) is 0 Å². The van der Waals surface area contributed by atoms with Gasteiger partial charge >= 0.3 is 0 Å². The first kappa shape index (κ1) is 19.2. The predicted octanol–water partition coefficient (Wildman–Crippen LogP) is 3.30. The van der Waals surface area contributed by atoms with Crippen LogP contribution in [0, 0.1) is 0 Å². The molecule has 0 aliphatic rings. The molecule has 0 aliphatic heterocycles. The lowest BCUT2D eigenvalue weighted by Gasteiger charge is -2.12. The van der Waals surface area contributed by atoms with Gasteiger partial charge in [0.05, 0.1) is 33.2 Å². The number of rotatable bonds is 9. The second kappa shape index (κ2) is 9.40. The van der Waals surface area contributed by atoms with Gasteiger partial charge < -0.3 is 24.8 Å². The van der Waals surface area contributed by atoms with Gasteiger partial charge in [-0.1, -0.05) is 12.1 Å². The van der Waals surface area contributed by atoms with Gasteiger partial charge in [0.2, 0.25) is 5.95 Å². The van der Waals surface area contributed by atoms with Gasteiger partial charge in [-0.3, -0.25) is 0 Å². The smallest absolute Gasteiger partial charge is 0.249 e. The summed E-state index contributed by atoms with van der Waals surface area (Å²) in [6.45, 7) is 0.719. The van der Waals surface area contributed by atoms with E-state index in [-0.39, 0.29) is 0 Å². The van der Waals surface area contributed by atoms with Crippen molar-refractivity contribution in [2.45, 2.75) is 6.42 Å².